The van der Waals surface area contributed by atoms with Crippen LogP contribution in [0, 0.1) is 11.6 Å². The monoisotopic (exact) mass is 199 g/mol. The number of halogens is 2. The molecule has 0 aliphatic carbocycles. The van der Waals surface area contributed by atoms with Crippen molar-refractivity contribution in [3.63, 3.8) is 0 Å². The lowest BCUT2D eigenvalue weighted by Crippen LogP contribution is -2.14. The molecule has 1 unspecified atom stereocenters. The standard InChI is InChI=1S/C10H14BF2O/c1-3-6(2)14-10-8(12)4-7(11)5-9(10)13/h4-6H,3H2,1-2,11H3/q-1. The highest BCUT2D eigenvalue weighted by Crippen LogP contribution is 2.21. The van der Waals surface area contributed by atoms with Gasteiger partial charge in [-0.15, -0.1) is 0 Å². The van der Waals surface area contributed by atoms with Crippen LogP contribution in [0.3, 0.4) is 0 Å². The van der Waals surface area contributed by atoms with E-state index >= 15 is 0 Å². The van der Waals surface area contributed by atoms with Gasteiger partial charge in [-0.05, 0) is 21.2 Å². The maximum atomic E-state index is 13.3. The molecule has 1 aromatic carbocycles. The summed E-state index contributed by atoms with van der Waals surface area (Å²) in [5.41, 5.74) is 0.802. The molecule has 0 aliphatic rings. The maximum Gasteiger partial charge on any atom is 0.190 e. The molecule has 0 radical (unpaired) electrons. The minimum atomic E-state index is -0.574. The van der Waals surface area contributed by atoms with Crippen LogP contribution in [0.25, 0.3) is 0 Å². The van der Waals surface area contributed by atoms with Gasteiger partial charge in [0.05, 0.1) is 6.10 Å². The molecule has 0 aliphatic heterocycles. The van der Waals surface area contributed by atoms with E-state index in [1.807, 2.05) is 6.92 Å². The number of benzene rings is 1. The molecule has 4 heteroatoms. The normalized spacial score (nSPS) is 12.6. The molecule has 0 heterocycles. The molecule has 1 rings (SSSR count). The van der Waals surface area contributed by atoms with E-state index in [0.717, 1.165) is 11.9 Å². The van der Waals surface area contributed by atoms with E-state index in [1.54, 1.807) is 6.92 Å². The molecule has 0 fully saturated rings. The van der Waals surface area contributed by atoms with Crippen molar-refractivity contribution >= 4 is 13.3 Å². The maximum absolute atomic E-state index is 13.3. The second-order valence-electron chi connectivity index (χ2n) is 2.82. The fourth-order valence-corrected chi connectivity index (χ4v) is 0.830. The number of rotatable bonds is 3. The van der Waals surface area contributed by atoms with Crippen molar-refractivity contribution < 1.29 is 13.5 Å². The Labute approximate surface area is 83.5 Å². The second-order valence-corrected chi connectivity index (χ2v) is 2.82. The van der Waals surface area contributed by atoms with Crippen LogP contribution in [0.5, 0.6) is 5.75 Å². The van der Waals surface area contributed by atoms with Gasteiger partial charge in [-0.1, -0.05) is 19.1 Å². The van der Waals surface area contributed by atoms with Gasteiger partial charge in [-0.2, -0.15) is 0 Å². The van der Waals surface area contributed by atoms with Crippen LogP contribution < -0.4 is 10.2 Å². The van der Waals surface area contributed by atoms with E-state index in [1.165, 1.54) is 12.1 Å². The summed E-state index contributed by atoms with van der Waals surface area (Å²) in [4.78, 5) is 0. The lowest BCUT2D eigenvalue weighted by Gasteiger charge is -2.14. The van der Waals surface area contributed by atoms with E-state index in [2.05, 4.69) is 0 Å². The van der Waals surface area contributed by atoms with Gasteiger partial charge in [0.2, 0.25) is 0 Å². The van der Waals surface area contributed by atoms with Crippen LogP contribution in [-0.4, -0.2) is 14.0 Å². The highest BCUT2D eigenvalue weighted by atomic mass is 19.1. The SMILES string of the molecule is [BH3-]c1cc(F)c(OC(C)CC)c(F)c1. The lowest BCUT2D eigenvalue weighted by molar-refractivity contribution is 0.198. The van der Waals surface area contributed by atoms with Crippen LogP contribution in [0.1, 0.15) is 20.3 Å². The Morgan fingerprint density at radius 2 is 1.86 bits per heavy atom. The zero-order valence-electron chi connectivity index (χ0n) is 7.60. The number of hydrogen-bond acceptors (Lipinski definition) is 1. The Morgan fingerprint density at radius 3 is 2.29 bits per heavy atom. The van der Waals surface area contributed by atoms with E-state index in [-0.39, 0.29) is 19.7 Å². The quantitative estimate of drug-likeness (QED) is 0.663. The number of ether oxygens (including phenoxy) is 1. The van der Waals surface area contributed by atoms with Crippen molar-refractivity contribution in [2.24, 2.45) is 0 Å². The molecule has 14 heavy (non-hydrogen) atoms. The molecule has 0 aromatic heterocycles. The molecule has 0 saturated carbocycles. The van der Waals surface area contributed by atoms with Crippen molar-refractivity contribution in [3.8, 4) is 5.75 Å². The fourth-order valence-electron chi connectivity index (χ4n) is 0.830. The Balaban J connectivity index is 2.96. The van der Waals surface area contributed by atoms with Gasteiger partial charge in [-0.25, -0.2) is 14.2 Å². The third-order valence-corrected chi connectivity index (χ3v) is 1.75. The van der Waals surface area contributed by atoms with Crippen LogP contribution in [0.2, 0.25) is 0 Å². The average Bonchev–Trinajstić information content (AvgIpc) is 2.10. The van der Waals surface area contributed by atoms with Gasteiger partial charge in [0.15, 0.2) is 17.4 Å². The summed E-state index contributed by atoms with van der Waals surface area (Å²) in [6.07, 6.45) is 0.572. The highest BCUT2D eigenvalue weighted by Gasteiger charge is 2.12. The smallest absolute Gasteiger partial charge is 0.190 e. The summed E-state index contributed by atoms with van der Waals surface area (Å²) in [6.45, 7) is 3.70. The minimum Gasteiger partial charge on any atom is -0.485 e. The van der Waals surface area contributed by atoms with Crippen molar-refractivity contribution in [3.05, 3.63) is 23.8 Å². The van der Waals surface area contributed by atoms with Gasteiger partial charge < -0.3 is 4.74 Å². The summed E-state index contributed by atoms with van der Waals surface area (Å²) in [6, 6.07) is 2.75. The van der Waals surface area contributed by atoms with Crippen LogP contribution in [-0.2, 0) is 0 Å². The van der Waals surface area contributed by atoms with Crippen molar-refractivity contribution in [2.45, 2.75) is 26.4 Å². The van der Waals surface area contributed by atoms with Gasteiger partial charge in [0.1, 0.15) is 0 Å². The molecule has 1 aromatic rings. The first-order valence-electron chi connectivity index (χ1n) is 4.17. The summed E-state index contributed by atoms with van der Waals surface area (Å²) >= 11 is 0. The van der Waals surface area contributed by atoms with Crippen LogP contribution >= 0.6 is 0 Å². The van der Waals surface area contributed by atoms with Crippen LogP contribution in [0.15, 0.2) is 12.1 Å². The molecule has 0 amide bonds. The molecule has 1 nitrogen and oxygen atoms in total. The zero-order valence-corrected chi connectivity index (χ0v) is 7.60. The Morgan fingerprint density at radius 1 is 1.36 bits per heavy atom. The van der Waals surface area contributed by atoms with Crippen molar-refractivity contribution in [1.29, 1.82) is 0 Å². The molecular formula is C10H14BF2O-. The van der Waals surface area contributed by atoms with E-state index in [4.69, 9.17) is 4.74 Å². The van der Waals surface area contributed by atoms with E-state index in [0.29, 0.717) is 0 Å². The van der Waals surface area contributed by atoms with Crippen molar-refractivity contribution in [2.75, 3.05) is 0 Å². The predicted molar refractivity (Wildman–Crippen MR) is 56.3 cm³/mol. The van der Waals surface area contributed by atoms with Crippen LogP contribution in [0.4, 0.5) is 8.78 Å². The second kappa shape index (κ2) is 4.44. The van der Waals surface area contributed by atoms with E-state index in [9.17, 15) is 8.78 Å². The summed E-state index contributed by atoms with van der Waals surface area (Å²) in [5.74, 6) is -1.38. The summed E-state index contributed by atoms with van der Waals surface area (Å²) in [5, 5.41) is 0. The third-order valence-electron chi connectivity index (χ3n) is 1.75. The van der Waals surface area contributed by atoms with Gasteiger partial charge >= 0.3 is 0 Å². The largest absolute Gasteiger partial charge is 0.485 e. The van der Waals surface area contributed by atoms with Gasteiger partial charge in [0.25, 0.3) is 0 Å². The molecule has 0 bridgehead atoms. The van der Waals surface area contributed by atoms with Gasteiger partial charge in [0, 0.05) is 0 Å². The average molecular weight is 199 g/mol. The third kappa shape index (κ3) is 2.47. The topological polar surface area (TPSA) is 9.23 Å². The Bertz CT molecular complexity index is 305. The summed E-state index contributed by atoms with van der Waals surface area (Å²) in [7, 11) is -0.171. The van der Waals surface area contributed by atoms with Crippen molar-refractivity contribution in [1.82, 2.24) is 0 Å². The fraction of sp³-hybridized carbons (Fsp3) is 0.400. The molecule has 78 valence electrons. The summed E-state index contributed by atoms with van der Waals surface area (Å²) < 4.78 is 31.7. The molecule has 0 spiro atoms. The first-order valence-corrected chi connectivity index (χ1v) is 4.17. The molecule has 0 saturated heterocycles. The first-order chi connectivity index (χ1) is 6.54. The van der Waals surface area contributed by atoms with Gasteiger partial charge in [-0.3, -0.25) is 0 Å². The van der Waals surface area contributed by atoms with E-state index < -0.39 is 11.6 Å². The lowest BCUT2D eigenvalue weighted by atomic mass is 9.96. The minimum absolute atomic E-state index is 0.159. The first kappa shape index (κ1) is 11.0. The molecule has 0 N–H and O–H groups in total. The Kier molecular flexibility index (Phi) is 3.50. The zero-order chi connectivity index (χ0) is 10.7. The highest BCUT2D eigenvalue weighted by molar-refractivity contribution is 6.32. The molecule has 1 atom stereocenters. The molecular weight excluding hydrogens is 185 g/mol. The Hall–Kier alpha value is -1.06. The predicted octanol–water partition coefficient (Wildman–Crippen LogP) is 1.13. The number of hydrogen-bond donors (Lipinski definition) is 0.